The van der Waals surface area contributed by atoms with Crippen molar-refractivity contribution < 1.29 is 9.47 Å². The molecule has 1 aromatic rings. The number of benzene rings is 1. The molecule has 2 rings (SSSR count). The Kier molecular flexibility index (Phi) is 5.05. The summed E-state index contributed by atoms with van der Waals surface area (Å²) >= 11 is 0. The average molecular weight is 264 g/mol. The minimum atomic E-state index is 0.741. The molecule has 0 spiro atoms. The number of rotatable bonds is 5. The molecule has 1 saturated heterocycles. The van der Waals surface area contributed by atoms with Crippen LogP contribution in [0.3, 0.4) is 0 Å². The quantitative estimate of drug-likeness (QED) is 0.828. The minimum Gasteiger partial charge on any atom is -0.497 e. The van der Waals surface area contributed by atoms with Crippen molar-refractivity contribution in [1.29, 1.82) is 0 Å². The zero-order valence-electron chi connectivity index (χ0n) is 11.9. The second kappa shape index (κ2) is 6.78. The lowest BCUT2D eigenvalue weighted by atomic mass is 9.99. The van der Waals surface area contributed by atoms with Crippen LogP contribution in [0, 0.1) is 5.92 Å². The summed E-state index contributed by atoms with van der Waals surface area (Å²) in [4.78, 5) is 2.33. The van der Waals surface area contributed by atoms with Crippen LogP contribution in [0.25, 0.3) is 0 Å². The van der Waals surface area contributed by atoms with Gasteiger partial charge in [0.2, 0.25) is 0 Å². The molecule has 0 atom stereocenters. The molecule has 4 nitrogen and oxygen atoms in total. The van der Waals surface area contributed by atoms with E-state index in [0.29, 0.717) is 0 Å². The van der Waals surface area contributed by atoms with Crippen molar-refractivity contribution in [2.24, 2.45) is 5.92 Å². The van der Waals surface area contributed by atoms with E-state index in [1.807, 2.05) is 18.2 Å². The maximum atomic E-state index is 6.02. The van der Waals surface area contributed by atoms with Gasteiger partial charge in [0.25, 0.3) is 0 Å². The minimum absolute atomic E-state index is 0.741. The van der Waals surface area contributed by atoms with Crippen molar-refractivity contribution in [3.8, 4) is 5.75 Å². The van der Waals surface area contributed by atoms with Gasteiger partial charge in [-0.25, -0.2) is 0 Å². The SMILES string of the molecule is COc1ccc(N)c(CN(C)CC2CCOCC2)c1. The third-order valence-corrected chi connectivity index (χ3v) is 3.70. The number of methoxy groups -OCH3 is 1. The number of nitrogens with zero attached hydrogens (tertiary/aromatic N) is 1. The van der Waals surface area contributed by atoms with Crippen LogP contribution >= 0.6 is 0 Å². The van der Waals surface area contributed by atoms with E-state index in [1.54, 1.807) is 7.11 Å². The first kappa shape index (κ1) is 14.2. The highest BCUT2D eigenvalue weighted by Crippen LogP contribution is 2.22. The molecular formula is C15H24N2O2. The predicted octanol–water partition coefficient (Wildman–Crippen LogP) is 2.14. The molecule has 2 N–H and O–H groups in total. The van der Waals surface area contributed by atoms with Gasteiger partial charge in [-0.2, -0.15) is 0 Å². The highest BCUT2D eigenvalue weighted by atomic mass is 16.5. The highest BCUT2D eigenvalue weighted by Gasteiger charge is 2.16. The Morgan fingerprint density at radius 2 is 2.11 bits per heavy atom. The molecule has 1 aliphatic heterocycles. The van der Waals surface area contributed by atoms with Crippen LogP contribution < -0.4 is 10.5 Å². The van der Waals surface area contributed by atoms with Crippen LogP contribution in [0.1, 0.15) is 18.4 Å². The van der Waals surface area contributed by atoms with Crippen LogP contribution in [-0.4, -0.2) is 38.8 Å². The molecular weight excluding hydrogens is 240 g/mol. The third kappa shape index (κ3) is 4.11. The van der Waals surface area contributed by atoms with E-state index in [2.05, 4.69) is 11.9 Å². The Labute approximate surface area is 115 Å². The van der Waals surface area contributed by atoms with E-state index >= 15 is 0 Å². The summed E-state index contributed by atoms with van der Waals surface area (Å²) in [7, 11) is 3.83. The topological polar surface area (TPSA) is 47.7 Å². The molecule has 0 saturated carbocycles. The van der Waals surface area contributed by atoms with Gasteiger partial charge >= 0.3 is 0 Å². The molecule has 0 amide bonds. The Balaban J connectivity index is 1.92. The summed E-state index contributed by atoms with van der Waals surface area (Å²) in [5, 5.41) is 0. The Morgan fingerprint density at radius 1 is 1.37 bits per heavy atom. The van der Waals surface area contributed by atoms with Crippen molar-refractivity contribution in [1.82, 2.24) is 4.90 Å². The first-order chi connectivity index (χ1) is 9.19. The van der Waals surface area contributed by atoms with Crippen molar-refractivity contribution in [2.75, 3.05) is 39.6 Å². The summed E-state index contributed by atoms with van der Waals surface area (Å²) in [5.74, 6) is 1.61. The van der Waals surface area contributed by atoms with E-state index in [9.17, 15) is 0 Å². The fraction of sp³-hybridized carbons (Fsp3) is 0.600. The number of nitrogens with two attached hydrogens (primary N) is 1. The van der Waals surface area contributed by atoms with E-state index in [1.165, 1.54) is 0 Å². The largest absolute Gasteiger partial charge is 0.497 e. The number of hydrogen-bond acceptors (Lipinski definition) is 4. The van der Waals surface area contributed by atoms with Gasteiger partial charge in [0, 0.05) is 32.0 Å². The molecule has 19 heavy (non-hydrogen) atoms. The van der Waals surface area contributed by atoms with Crippen LogP contribution in [0.15, 0.2) is 18.2 Å². The maximum Gasteiger partial charge on any atom is 0.119 e. The predicted molar refractivity (Wildman–Crippen MR) is 77.3 cm³/mol. The monoisotopic (exact) mass is 264 g/mol. The van der Waals surface area contributed by atoms with Crippen LogP contribution in [-0.2, 0) is 11.3 Å². The van der Waals surface area contributed by atoms with E-state index in [-0.39, 0.29) is 0 Å². The lowest BCUT2D eigenvalue weighted by Crippen LogP contribution is -2.29. The van der Waals surface area contributed by atoms with Crippen LogP contribution in [0.5, 0.6) is 5.75 Å². The standard InChI is InChI=1S/C15H24N2O2/c1-17(10-12-5-7-19-8-6-12)11-13-9-14(18-2)3-4-15(13)16/h3-4,9,12H,5-8,10-11,16H2,1-2H3. The first-order valence-electron chi connectivity index (χ1n) is 6.87. The summed E-state index contributed by atoms with van der Waals surface area (Å²) < 4.78 is 10.6. The second-order valence-corrected chi connectivity index (χ2v) is 5.32. The maximum absolute atomic E-state index is 6.02. The molecule has 1 heterocycles. The van der Waals surface area contributed by atoms with E-state index in [0.717, 1.165) is 62.1 Å². The van der Waals surface area contributed by atoms with Gasteiger partial charge in [0.05, 0.1) is 7.11 Å². The molecule has 0 radical (unpaired) electrons. The first-order valence-corrected chi connectivity index (χ1v) is 6.87. The van der Waals surface area contributed by atoms with Crippen molar-refractivity contribution in [3.63, 3.8) is 0 Å². The van der Waals surface area contributed by atoms with Gasteiger partial charge < -0.3 is 20.1 Å². The van der Waals surface area contributed by atoms with Gasteiger partial charge in [-0.05, 0) is 49.6 Å². The normalized spacial score (nSPS) is 16.8. The van der Waals surface area contributed by atoms with Gasteiger partial charge in [-0.15, -0.1) is 0 Å². The van der Waals surface area contributed by atoms with Gasteiger partial charge in [0.1, 0.15) is 5.75 Å². The van der Waals surface area contributed by atoms with Crippen molar-refractivity contribution in [2.45, 2.75) is 19.4 Å². The zero-order valence-corrected chi connectivity index (χ0v) is 11.9. The molecule has 1 aromatic carbocycles. The summed E-state index contributed by atoms with van der Waals surface area (Å²) in [6.07, 6.45) is 2.33. The lowest BCUT2D eigenvalue weighted by Gasteiger charge is -2.27. The Bertz CT molecular complexity index is 403. The lowest BCUT2D eigenvalue weighted by molar-refractivity contribution is 0.0550. The fourth-order valence-corrected chi connectivity index (χ4v) is 2.57. The van der Waals surface area contributed by atoms with Crippen LogP contribution in [0.2, 0.25) is 0 Å². The number of anilines is 1. The summed E-state index contributed by atoms with van der Waals surface area (Å²) in [6.45, 7) is 3.76. The van der Waals surface area contributed by atoms with Crippen molar-refractivity contribution >= 4 is 5.69 Å². The van der Waals surface area contributed by atoms with E-state index < -0.39 is 0 Å². The number of ether oxygens (including phenoxy) is 2. The third-order valence-electron chi connectivity index (χ3n) is 3.70. The highest BCUT2D eigenvalue weighted by molar-refractivity contribution is 5.50. The molecule has 0 unspecified atom stereocenters. The Morgan fingerprint density at radius 3 is 2.79 bits per heavy atom. The average Bonchev–Trinajstić information content (AvgIpc) is 2.42. The van der Waals surface area contributed by atoms with Gasteiger partial charge in [0.15, 0.2) is 0 Å². The molecule has 106 valence electrons. The summed E-state index contributed by atoms with van der Waals surface area (Å²) in [6, 6.07) is 5.84. The number of hydrogen-bond donors (Lipinski definition) is 1. The zero-order chi connectivity index (χ0) is 13.7. The van der Waals surface area contributed by atoms with E-state index in [4.69, 9.17) is 15.2 Å². The van der Waals surface area contributed by atoms with Gasteiger partial charge in [-0.3, -0.25) is 0 Å². The molecule has 0 aliphatic carbocycles. The Hall–Kier alpha value is -1.26. The molecule has 0 aromatic heterocycles. The molecule has 0 bridgehead atoms. The number of nitrogen functional groups attached to an aromatic ring is 1. The fourth-order valence-electron chi connectivity index (χ4n) is 2.57. The van der Waals surface area contributed by atoms with Gasteiger partial charge in [-0.1, -0.05) is 0 Å². The second-order valence-electron chi connectivity index (χ2n) is 5.32. The van der Waals surface area contributed by atoms with Crippen molar-refractivity contribution in [3.05, 3.63) is 23.8 Å². The summed E-state index contributed by atoms with van der Waals surface area (Å²) in [5.41, 5.74) is 7.99. The molecule has 1 aliphatic rings. The smallest absolute Gasteiger partial charge is 0.119 e. The molecule has 1 fully saturated rings. The van der Waals surface area contributed by atoms with Crippen LogP contribution in [0.4, 0.5) is 5.69 Å². The molecule has 4 heteroatoms.